The Labute approximate surface area is 104 Å². The second kappa shape index (κ2) is 6.61. The zero-order valence-corrected chi connectivity index (χ0v) is 10.4. The number of thioether (sulfide) groups is 1. The number of H-pyrrole nitrogens is 1. The van der Waals surface area contributed by atoms with Crippen molar-refractivity contribution in [3.63, 3.8) is 0 Å². The molecule has 1 aliphatic rings. The number of carbonyl (C=O) groups excluding carboxylic acids is 1. The summed E-state index contributed by atoms with van der Waals surface area (Å²) in [4.78, 5) is 15.8. The van der Waals surface area contributed by atoms with Crippen molar-refractivity contribution in [3.05, 3.63) is 12.2 Å². The molecule has 3 N–H and O–H groups in total. The Kier molecular flexibility index (Phi) is 4.81. The Balaban J connectivity index is 1.59. The van der Waals surface area contributed by atoms with Gasteiger partial charge >= 0.3 is 0 Å². The van der Waals surface area contributed by atoms with Crippen LogP contribution in [-0.2, 0) is 11.2 Å². The first-order valence-electron chi connectivity index (χ1n) is 5.79. The van der Waals surface area contributed by atoms with Gasteiger partial charge in [-0.1, -0.05) is 0 Å². The molecule has 0 radical (unpaired) electrons. The van der Waals surface area contributed by atoms with E-state index in [0.29, 0.717) is 6.54 Å². The van der Waals surface area contributed by atoms with Gasteiger partial charge in [-0.3, -0.25) is 9.89 Å². The molecule has 7 heteroatoms. The van der Waals surface area contributed by atoms with E-state index in [1.807, 2.05) is 11.8 Å². The first kappa shape index (κ1) is 12.4. The summed E-state index contributed by atoms with van der Waals surface area (Å²) in [6.45, 7) is 1.60. The quantitative estimate of drug-likeness (QED) is 0.621. The number of hydrogen-bond acceptors (Lipinski definition) is 5. The maximum Gasteiger partial charge on any atom is 0.237 e. The first-order chi connectivity index (χ1) is 8.36. The van der Waals surface area contributed by atoms with Crippen LogP contribution in [0, 0.1) is 0 Å². The second-order valence-corrected chi connectivity index (χ2v) is 5.06. The highest BCUT2D eigenvalue weighted by Gasteiger charge is 2.19. The molecular weight excluding hydrogens is 238 g/mol. The van der Waals surface area contributed by atoms with Crippen LogP contribution >= 0.6 is 11.8 Å². The molecule has 2 rings (SSSR count). The molecule has 1 atom stereocenters. The maximum atomic E-state index is 11.7. The number of carbonyl (C=O) groups is 1. The molecule has 17 heavy (non-hydrogen) atoms. The summed E-state index contributed by atoms with van der Waals surface area (Å²) < 4.78 is 0. The second-order valence-electron chi connectivity index (χ2n) is 3.91. The molecule has 1 aromatic heterocycles. The molecule has 1 aromatic rings. The number of nitrogens with zero attached hydrogens (tertiary/aromatic N) is 2. The van der Waals surface area contributed by atoms with Crippen LogP contribution in [0.2, 0.25) is 0 Å². The SMILES string of the molecule is O=C(NCCCc1ncn[nH]1)C1CSCCN1. The predicted molar refractivity (Wildman–Crippen MR) is 66.8 cm³/mol. The van der Waals surface area contributed by atoms with Crippen LogP contribution in [0.5, 0.6) is 0 Å². The van der Waals surface area contributed by atoms with Crippen molar-refractivity contribution in [2.75, 3.05) is 24.6 Å². The fourth-order valence-electron chi connectivity index (χ4n) is 1.68. The molecule has 6 nitrogen and oxygen atoms in total. The van der Waals surface area contributed by atoms with E-state index in [1.165, 1.54) is 6.33 Å². The Morgan fingerprint density at radius 2 is 2.59 bits per heavy atom. The minimum Gasteiger partial charge on any atom is -0.355 e. The minimum atomic E-state index is -0.0287. The molecule has 0 saturated carbocycles. The Morgan fingerprint density at radius 1 is 1.65 bits per heavy atom. The number of aromatic amines is 1. The van der Waals surface area contributed by atoms with Crippen LogP contribution < -0.4 is 10.6 Å². The van der Waals surface area contributed by atoms with Crippen molar-refractivity contribution >= 4 is 17.7 Å². The smallest absolute Gasteiger partial charge is 0.237 e. The summed E-state index contributed by atoms with van der Waals surface area (Å²) in [5, 5.41) is 12.7. The van der Waals surface area contributed by atoms with Crippen molar-refractivity contribution in [1.82, 2.24) is 25.8 Å². The fourth-order valence-corrected chi connectivity index (χ4v) is 2.61. The highest BCUT2D eigenvalue weighted by atomic mass is 32.2. The van der Waals surface area contributed by atoms with Crippen molar-refractivity contribution in [2.45, 2.75) is 18.9 Å². The van der Waals surface area contributed by atoms with Crippen molar-refractivity contribution < 1.29 is 4.79 Å². The molecule has 94 valence electrons. The largest absolute Gasteiger partial charge is 0.355 e. The molecular formula is C10H17N5OS. The van der Waals surface area contributed by atoms with Crippen LogP contribution in [0.25, 0.3) is 0 Å². The lowest BCUT2D eigenvalue weighted by molar-refractivity contribution is -0.122. The molecule has 1 aliphatic heterocycles. The lowest BCUT2D eigenvalue weighted by Crippen LogP contribution is -2.49. The summed E-state index contributed by atoms with van der Waals surface area (Å²) >= 11 is 1.82. The average Bonchev–Trinajstić information content (AvgIpc) is 2.88. The van der Waals surface area contributed by atoms with Gasteiger partial charge in [-0.05, 0) is 6.42 Å². The van der Waals surface area contributed by atoms with E-state index in [4.69, 9.17) is 0 Å². The lowest BCUT2D eigenvalue weighted by atomic mass is 10.2. The van der Waals surface area contributed by atoms with Gasteiger partial charge in [0.1, 0.15) is 12.2 Å². The minimum absolute atomic E-state index is 0.0287. The first-order valence-corrected chi connectivity index (χ1v) is 6.95. The van der Waals surface area contributed by atoms with Gasteiger partial charge in [0.2, 0.25) is 5.91 Å². The van der Waals surface area contributed by atoms with Gasteiger partial charge in [-0.2, -0.15) is 16.9 Å². The monoisotopic (exact) mass is 255 g/mol. The normalized spacial score (nSPS) is 20.1. The van der Waals surface area contributed by atoms with Crippen LogP contribution in [0.3, 0.4) is 0 Å². The van der Waals surface area contributed by atoms with E-state index in [1.54, 1.807) is 0 Å². The van der Waals surface area contributed by atoms with Crippen molar-refractivity contribution in [2.24, 2.45) is 0 Å². The zero-order valence-electron chi connectivity index (χ0n) is 9.61. The molecule has 0 aromatic carbocycles. The van der Waals surface area contributed by atoms with E-state index in [-0.39, 0.29) is 11.9 Å². The summed E-state index contributed by atoms with van der Waals surface area (Å²) in [6, 6.07) is -0.0287. The van der Waals surface area contributed by atoms with E-state index in [0.717, 1.165) is 36.7 Å². The van der Waals surface area contributed by atoms with E-state index < -0.39 is 0 Å². The van der Waals surface area contributed by atoms with E-state index in [2.05, 4.69) is 25.8 Å². The summed E-state index contributed by atoms with van der Waals surface area (Å²) in [5.74, 6) is 2.93. The highest BCUT2D eigenvalue weighted by Crippen LogP contribution is 2.07. The number of hydrogen-bond donors (Lipinski definition) is 3. The molecule has 1 unspecified atom stereocenters. The maximum absolute atomic E-state index is 11.7. The Morgan fingerprint density at radius 3 is 3.29 bits per heavy atom. The number of aromatic nitrogens is 3. The third kappa shape index (κ3) is 4.01. The van der Waals surface area contributed by atoms with Crippen LogP contribution in [0.4, 0.5) is 0 Å². The number of nitrogens with one attached hydrogen (secondary N) is 3. The van der Waals surface area contributed by atoms with Gasteiger partial charge in [-0.25, -0.2) is 4.98 Å². The average molecular weight is 255 g/mol. The van der Waals surface area contributed by atoms with Gasteiger partial charge in [0.25, 0.3) is 0 Å². The topological polar surface area (TPSA) is 82.7 Å². The summed E-state index contributed by atoms with van der Waals surface area (Å²) in [7, 11) is 0. The van der Waals surface area contributed by atoms with Gasteiger partial charge in [0.15, 0.2) is 0 Å². The van der Waals surface area contributed by atoms with Crippen LogP contribution in [0.1, 0.15) is 12.2 Å². The lowest BCUT2D eigenvalue weighted by Gasteiger charge is -2.22. The Hall–Kier alpha value is -1.08. The van der Waals surface area contributed by atoms with Gasteiger partial charge < -0.3 is 10.6 Å². The van der Waals surface area contributed by atoms with Gasteiger partial charge in [0, 0.05) is 31.0 Å². The van der Waals surface area contributed by atoms with E-state index in [9.17, 15) is 4.79 Å². The third-order valence-corrected chi connectivity index (χ3v) is 3.65. The van der Waals surface area contributed by atoms with Crippen molar-refractivity contribution in [1.29, 1.82) is 0 Å². The third-order valence-electron chi connectivity index (χ3n) is 2.59. The number of rotatable bonds is 5. The molecule has 2 heterocycles. The number of amides is 1. The number of aryl methyl sites for hydroxylation is 1. The molecule has 0 aliphatic carbocycles. The van der Waals surface area contributed by atoms with Crippen LogP contribution in [0.15, 0.2) is 6.33 Å². The summed E-state index contributed by atoms with van der Waals surface area (Å²) in [6.07, 6.45) is 3.19. The van der Waals surface area contributed by atoms with Gasteiger partial charge in [0.05, 0.1) is 6.04 Å². The van der Waals surface area contributed by atoms with Crippen molar-refractivity contribution in [3.8, 4) is 0 Å². The fraction of sp³-hybridized carbons (Fsp3) is 0.700. The van der Waals surface area contributed by atoms with Gasteiger partial charge in [-0.15, -0.1) is 0 Å². The van der Waals surface area contributed by atoms with E-state index >= 15 is 0 Å². The Bertz CT molecular complexity index is 336. The highest BCUT2D eigenvalue weighted by molar-refractivity contribution is 7.99. The van der Waals surface area contributed by atoms with Crippen LogP contribution in [-0.4, -0.2) is 51.7 Å². The molecule has 1 amide bonds. The summed E-state index contributed by atoms with van der Waals surface area (Å²) in [5.41, 5.74) is 0. The molecule has 0 bridgehead atoms. The zero-order chi connectivity index (χ0) is 11.9. The standard InChI is InChI=1S/C10H17N5OS/c16-10(8-6-17-5-4-11-8)12-3-1-2-9-13-7-14-15-9/h7-8,11H,1-6H2,(H,12,16)(H,13,14,15). The predicted octanol–water partition coefficient (Wildman–Crippen LogP) is -0.441. The molecule has 1 fully saturated rings. The molecule has 0 spiro atoms. The molecule has 1 saturated heterocycles.